The fraction of sp³-hybridized carbons (Fsp3) is 0. The average Bonchev–Trinajstić information content (AvgIpc) is 3.36. The largest absolute Gasteiger partial charge is 0.507 e. The molecule has 0 aliphatic carbocycles. The van der Waals surface area contributed by atoms with Crippen molar-refractivity contribution in [3.63, 3.8) is 0 Å². The third kappa shape index (κ3) is 2.47. The van der Waals surface area contributed by atoms with Crippen molar-refractivity contribution in [2.24, 2.45) is 0 Å². The fourth-order valence-corrected chi connectivity index (χ4v) is 4.58. The van der Waals surface area contributed by atoms with E-state index in [9.17, 15) is 14.7 Å². The van der Waals surface area contributed by atoms with Gasteiger partial charge in [0.2, 0.25) is 0 Å². The first-order valence-electron chi connectivity index (χ1n) is 10.2. The number of benzene rings is 4. The second-order valence-corrected chi connectivity index (χ2v) is 7.97. The molecule has 9 nitrogen and oxygen atoms in total. The molecule has 0 radical (unpaired) electrons. The molecule has 7 rings (SSSR count). The molecule has 9 heteroatoms. The van der Waals surface area contributed by atoms with E-state index >= 15 is 0 Å². The van der Waals surface area contributed by atoms with Crippen molar-refractivity contribution in [1.29, 1.82) is 0 Å². The molecule has 3 aromatic heterocycles. The van der Waals surface area contributed by atoms with E-state index in [0.717, 1.165) is 11.1 Å². The van der Waals surface area contributed by atoms with Gasteiger partial charge >= 0.3 is 11.4 Å². The molecular formula is C24H14N6O3. The van der Waals surface area contributed by atoms with Gasteiger partial charge in [-0.1, -0.05) is 24.3 Å². The number of fused-ring (bicyclic) bond motifs is 6. The summed E-state index contributed by atoms with van der Waals surface area (Å²) in [5, 5.41) is 12.3. The molecule has 0 saturated heterocycles. The summed E-state index contributed by atoms with van der Waals surface area (Å²) >= 11 is 0. The molecule has 3 heterocycles. The van der Waals surface area contributed by atoms with Crippen LogP contribution in [0.3, 0.4) is 0 Å². The van der Waals surface area contributed by atoms with Gasteiger partial charge in [-0.2, -0.15) is 4.98 Å². The van der Waals surface area contributed by atoms with Gasteiger partial charge in [0.05, 0.1) is 44.1 Å². The molecule has 0 bridgehead atoms. The highest BCUT2D eigenvalue weighted by molar-refractivity contribution is 6.10. The van der Waals surface area contributed by atoms with Crippen LogP contribution in [0.15, 0.2) is 70.3 Å². The standard InChI is InChI=1S/C24H14N6O3/c31-21-10-20-22(13-4-2-1-3-12(13)21)25-18-8-16-17(29-24(33)28-16)9-19(18)30(20)11-5-6-14-15(7-11)27-23(32)26-14/h1-10,31H,(H,28,33)(H2,26,27,32). The van der Waals surface area contributed by atoms with Crippen LogP contribution >= 0.6 is 0 Å². The first kappa shape index (κ1) is 17.7. The Kier molecular flexibility index (Phi) is 3.26. The lowest BCUT2D eigenvalue weighted by Crippen LogP contribution is -2.02. The van der Waals surface area contributed by atoms with Crippen LogP contribution in [0.4, 0.5) is 0 Å². The molecule has 4 N–H and O–H groups in total. The molecule has 0 aliphatic heterocycles. The van der Waals surface area contributed by atoms with Gasteiger partial charge in [0.15, 0.2) is 0 Å². The summed E-state index contributed by atoms with van der Waals surface area (Å²) in [6.45, 7) is 0. The topological polar surface area (TPSA) is 132 Å². The van der Waals surface area contributed by atoms with Crippen molar-refractivity contribution in [2.45, 2.75) is 0 Å². The van der Waals surface area contributed by atoms with E-state index in [1.807, 2.05) is 47.0 Å². The lowest BCUT2D eigenvalue weighted by molar-refractivity contribution is 0.482. The van der Waals surface area contributed by atoms with Gasteiger partial charge in [0.25, 0.3) is 0 Å². The van der Waals surface area contributed by atoms with Crippen molar-refractivity contribution in [1.82, 2.24) is 29.5 Å². The third-order valence-electron chi connectivity index (χ3n) is 6.00. The maximum atomic E-state index is 11.9. The summed E-state index contributed by atoms with van der Waals surface area (Å²) in [4.78, 5) is 40.9. The van der Waals surface area contributed by atoms with Gasteiger partial charge in [-0.25, -0.2) is 14.6 Å². The Hall–Kier alpha value is -4.92. The number of phenols is 1. The fourth-order valence-electron chi connectivity index (χ4n) is 4.58. The zero-order chi connectivity index (χ0) is 22.3. The molecule has 0 spiro atoms. The highest BCUT2D eigenvalue weighted by atomic mass is 16.3. The summed E-state index contributed by atoms with van der Waals surface area (Å²) in [7, 11) is 0. The third-order valence-corrected chi connectivity index (χ3v) is 6.00. The summed E-state index contributed by atoms with van der Waals surface area (Å²) < 4.78 is 1.95. The monoisotopic (exact) mass is 434 g/mol. The summed E-state index contributed by atoms with van der Waals surface area (Å²) in [6.07, 6.45) is 0. The predicted octanol–water partition coefficient (Wildman–Crippen LogP) is 3.44. The minimum absolute atomic E-state index is 0.131. The van der Waals surface area contributed by atoms with E-state index in [2.05, 4.69) is 19.9 Å². The van der Waals surface area contributed by atoms with Crippen LogP contribution in [-0.2, 0) is 0 Å². The van der Waals surface area contributed by atoms with Gasteiger partial charge in [-0.15, -0.1) is 0 Å². The number of aromatic nitrogens is 6. The molecule has 0 saturated carbocycles. The lowest BCUT2D eigenvalue weighted by Gasteiger charge is -2.17. The van der Waals surface area contributed by atoms with Crippen molar-refractivity contribution >= 4 is 54.9 Å². The maximum Gasteiger partial charge on any atom is 0.346 e. The Morgan fingerprint density at radius 1 is 0.727 bits per heavy atom. The second kappa shape index (κ2) is 6.07. The SMILES string of the molecule is O=c1nc2cc3c(cc2[nH]1)nc1c2ccccc2c(O)cc1n3-c1ccc2[nH]c(=O)[nH]c2c1. The normalized spacial score (nSPS) is 12.0. The summed E-state index contributed by atoms with van der Waals surface area (Å²) in [5.41, 5.74) is 5.21. The van der Waals surface area contributed by atoms with Crippen LogP contribution in [0.1, 0.15) is 0 Å². The zero-order valence-corrected chi connectivity index (χ0v) is 16.9. The zero-order valence-electron chi connectivity index (χ0n) is 16.9. The Labute approximate surface area is 183 Å². The maximum absolute atomic E-state index is 11.9. The average molecular weight is 434 g/mol. The van der Waals surface area contributed by atoms with Crippen LogP contribution in [-0.4, -0.2) is 34.6 Å². The molecule has 0 unspecified atom stereocenters. The van der Waals surface area contributed by atoms with E-state index in [4.69, 9.17) is 4.98 Å². The number of hydrogen-bond donors (Lipinski definition) is 4. The second-order valence-electron chi connectivity index (χ2n) is 7.97. The minimum atomic E-state index is -0.425. The molecule has 158 valence electrons. The molecule has 33 heavy (non-hydrogen) atoms. The van der Waals surface area contributed by atoms with Crippen LogP contribution in [0.5, 0.6) is 5.75 Å². The van der Waals surface area contributed by atoms with E-state index in [0.29, 0.717) is 49.5 Å². The molecule has 4 aromatic carbocycles. The molecule has 7 aromatic rings. The number of phenolic OH excluding ortho intramolecular Hbond substituents is 1. The van der Waals surface area contributed by atoms with E-state index in [1.54, 1.807) is 18.2 Å². The van der Waals surface area contributed by atoms with Gasteiger partial charge in [-0.05, 0) is 30.3 Å². The van der Waals surface area contributed by atoms with Crippen molar-refractivity contribution < 1.29 is 5.11 Å². The summed E-state index contributed by atoms with van der Waals surface area (Å²) in [6, 6.07) is 18.4. The number of imidazole rings is 2. The summed E-state index contributed by atoms with van der Waals surface area (Å²) in [5.74, 6) is 0.131. The Bertz CT molecular complexity index is 2040. The van der Waals surface area contributed by atoms with E-state index in [1.165, 1.54) is 0 Å². The van der Waals surface area contributed by atoms with Gasteiger partial charge in [0, 0.05) is 22.5 Å². The highest BCUT2D eigenvalue weighted by Gasteiger charge is 2.16. The first-order valence-corrected chi connectivity index (χ1v) is 10.2. The number of H-pyrrole nitrogens is 3. The number of aromatic amines is 3. The van der Waals surface area contributed by atoms with E-state index in [-0.39, 0.29) is 11.4 Å². The lowest BCUT2D eigenvalue weighted by atomic mass is 10.1. The van der Waals surface area contributed by atoms with Gasteiger partial charge < -0.3 is 24.6 Å². The van der Waals surface area contributed by atoms with Crippen molar-refractivity contribution in [3.05, 3.63) is 81.6 Å². The minimum Gasteiger partial charge on any atom is -0.507 e. The molecular weight excluding hydrogens is 420 g/mol. The smallest absolute Gasteiger partial charge is 0.346 e. The number of rotatable bonds is 1. The number of nitrogens with one attached hydrogen (secondary N) is 3. The number of aromatic hydroxyl groups is 1. The van der Waals surface area contributed by atoms with Gasteiger partial charge in [0.1, 0.15) is 5.75 Å². The van der Waals surface area contributed by atoms with Crippen LogP contribution < -0.4 is 11.4 Å². The van der Waals surface area contributed by atoms with Crippen LogP contribution in [0.25, 0.3) is 60.6 Å². The highest BCUT2D eigenvalue weighted by Crippen LogP contribution is 2.35. The number of hydrogen-bond acceptors (Lipinski definition) is 5. The number of nitrogens with zero attached hydrogens (tertiary/aromatic N) is 3. The van der Waals surface area contributed by atoms with E-state index < -0.39 is 5.69 Å². The van der Waals surface area contributed by atoms with Crippen molar-refractivity contribution in [3.8, 4) is 11.4 Å². The van der Waals surface area contributed by atoms with Crippen molar-refractivity contribution in [2.75, 3.05) is 0 Å². The molecule has 0 atom stereocenters. The predicted molar refractivity (Wildman–Crippen MR) is 126 cm³/mol. The Balaban J connectivity index is 1.73. The Morgan fingerprint density at radius 2 is 1.55 bits per heavy atom. The quantitative estimate of drug-likeness (QED) is 0.232. The molecule has 0 fully saturated rings. The Morgan fingerprint density at radius 3 is 2.42 bits per heavy atom. The van der Waals surface area contributed by atoms with Gasteiger partial charge in [-0.3, -0.25) is 0 Å². The van der Waals surface area contributed by atoms with Crippen LogP contribution in [0, 0.1) is 0 Å². The van der Waals surface area contributed by atoms with Crippen LogP contribution in [0.2, 0.25) is 0 Å². The molecule has 0 amide bonds. The first-order chi connectivity index (χ1) is 16.0. The molecule has 0 aliphatic rings.